The number of aromatic nitrogens is 2. The molecule has 0 spiro atoms. The monoisotopic (exact) mass is 409 g/mol. The fraction of sp³-hybridized carbons (Fsp3) is 0.278. The van der Waals surface area contributed by atoms with Gasteiger partial charge < -0.3 is 10.1 Å². The number of anilines is 1. The van der Waals surface area contributed by atoms with Crippen LogP contribution in [0.5, 0.6) is 0 Å². The number of rotatable bonds is 2. The summed E-state index contributed by atoms with van der Waals surface area (Å²) in [6, 6.07) is 4.99. The largest absolute Gasteiger partial charge is 0.466 e. The maximum atomic E-state index is 13.0. The Morgan fingerprint density at radius 3 is 2.48 bits per heavy atom. The van der Waals surface area contributed by atoms with Crippen molar-refractivity contribution in [3.05, 3.63) is 71.5 Å². The van der Waals surface area contributed by atoms with Crippen LogP contribution in [0, 0.1) is 0 Å². The summed E-state index contributed by atoms with van der Waals surface area (Å²) in [5.41, 5.74) is 0.354. The van der Waals surface area contributed by atoms with E-state index in [9.17, 15) is 14.4 Å². The lowest BCUT2D eigenvalue weighted by Gasteiger charge is -2.31. The Kier molecular flexibility index (Phi) is 4.92. The average Bonchev–Trinajstić information content (AvgIpc) is 2.65. The molecule has 0 amide bonds. The lowest BCUT2D eigenvalue weighted by molar-refractivity contribution is -0.136. The zero-order valence-corrected chi connectivity index (χ0v) is 16.6. The van der Waals surface area contributed by atoms with Gasteiger partial charge in [-0.2, -0.15) is 0 Å². The zero-order chi connectivity index (χ0) is 20.0. The number of hydrogen-bond donors (Lipinski definition) is 1. The van der Waals surface area contributed by atoms with Gasteiger partial charge >= 0.3 is 11.7 Å². The summed E-state index contributed by atoms with van der Waals surface area (Å²) in [4.78, 5) is 37.9. The van der Waals surface area contributed by atoms with Crippen LogP contribution in [-0.2, 0) is 23.6 Å². The van der Waals surface area contributed by atoms with E-state index in [2.05, 4.69) is 5.32 Å². The van der Waals surface area contributed by atoms with Gasteiger partial charge in [0.2, 0.25) is 0 Å². The van der Waals surface area contributed by atoms with Crippen LogP contribution in [-0.4, -0.2) is 22.2 Å². The van der Waals surface area contributed by atoms with Crippen molar-refractivity contribution in [2.75, 3.05) is 12.4 Å². The zero-order valence-electron chi connectivity index (χ0n) is 15.1. The minimum Gasteiger partial charge on any atom is -0.466 e. The first kappa shape index (κ1) is 19.3. The number of carbonyl (C=O) groups is 1. The molecule has 3 rings (SSSR count). The number of esters is 1. The van der Waals surface area contributed by atoms with Gasteiger partial charge in [0.15, 0.2) is 0 Å². The van der Waals surface area contributed by atoms with E-state index < -0.39 is 23.1 Å². The van der Waals surface area contributed by atoms with E-state index in [-0.39, 0.29) is 21.2 Å². The Labute approximate surface area is 164 Å². The first-order valence-corrected chi connectivity index (χ1v) is 8.76. The van der Waals surface area contributed by atoms with Gasteiger partial charge in [-0.25, -0.2) is 9.59 Å². The van der Waals surface area contributed by atoms with E-state index in [0.717, 1.165) is 4.57 Å². The lowest BCUT2D eigenvalue weighted by Crippen LogP contribution is -2.43. The Morgan fingerprint density at radius 2 is 1.85 bits per heavy atom. The summed E-state index contributed by atoms with van der Waals surface area (Å²) in [6.07, 6.45) is 0. The van der Waals surface area contributed by atoms with Crippen molar-refractivity contribution in [1.29, 1.82) is 0 Å². The highest BCUT2D eigenvalue weighted by Gasteiger charge is 2.38. The highest BCUT2D eigenvalue weighted by molar-refractivity contribution is 6.42. The Balaban J connectivity index is 2.48. The third-order valence-electron chi connectivity index (χ3n) is 4.68. The predicted octanol–water partition coefficient (Wildman–Crippen LogP) is 2.40. The molecule has 1 aromatic carbocycles. The van der Waals surface area contributed by atoms with Gasteiger partial charge in [0.1, 0.15) is 5.82 Å². The van der Waals surface area contributed by atoms with Crippen molar-refractivity contribution in [2.24, 2.45) is 14.1 Å². The van der Waals surface area contributed by atoms with Gasteiger partial charge in [-0.3, -0.25) is 13.9 Å². The maximum absolute atomic E-state index is 13.0. The minimum absolute atomic E-state index is 0.217. The number of allylic oxidation sites excluding steroid dienone is 1. The molecule has 9 heteroatoms. The Hall–Kier alpha value is -2.51. The van der Waals surface area contributed by atoms with Crippen LogP contribution >= 0.6 is 23.2 Å². The van der Waals surface area contributed by atoms with Crippen LogP contribution < -0.4 is 16.6 Å². The second-order valence-corrected chi connectivity index (χ2v) is 6.98. The molecule has 27 heavy (non-hydrogen) atoms. The van der Waals surface area contributed by atoms with E-state index in [1.807, 2.05) is 0 Å². The summed E-state index contributed by atoms with van der Waals surface area (Å²) in [6.45, 7) is 1.67. The molecule has 0 bridgehead atoms. The van der Waals surface area contributed by atoms with Gasteiger partial charge in [-0.1, -0.05) is 35.3 Å². The summed E-state index contributed by atoms with van der Waals surface area (Å²) < 4.78 is 7.24. The SMILES string of the molecule is COC(=O)C1=C(C)Nc2c(c(=O)n(C)c(=O)n2C)[C@H]1c1cccc(Cl)c1Cl. The number of ether oxygens (including phenoxy) is 1. The molecular weight excluding hydrogens is 393 g/mol. The smallest absolute Gasteiger partial charge is 0.336 e. The van der Waals surface area contributed by atoms with Crippen LogP contribution in [0.1, 0.15) is 24.0 Å². The van der Waals surface area contributed by atoms with Crippen molar-refractivity contribution in [3.63, 3.8) is 0 Å². The normalized spacial score (nSPS) is 16.0. The van der Waals surface area contributed by atoms with E-state index in [1.165, 1.54) is 18.7 Å². The number of nitrogens with one attached hydrogen (secondary N) is 1. The number of fused-ring (bicyclic) bond motifs is 1. The molecule has 0 unspecified atom stereocenters. The van der Waals surface area contributed by atoms with Crippen molar-refractivity contribution >= 4 is 35.0 Å². The fourth-order valence-corrected chi connectivity index (χ4v) is 3.74. The van der Waals surface area contributed by atoms with E-state index in [4.69, 9.17) is 27.9 Å². The van der Waals surface area contributed by atoms with Crippen molar-refractivity contribution in [2.45, 2.75) is 12.8 Å². The number of halogens is 2. The number of hydrogen-bond acceptors (Lipinski definition) is 5. The summed E-state index contributed by atoms with van der Waals surface area (Å²) in [5, 5.41) is 3.50. The molecule has 142 valence electrons. The summed E-state index contributed by atoms with van der Waals surface area (Å²) in [7, 11) is 4.18. The number of carbonyl (C=O) groups excluding carboxylic acids is 1. The highest BCUT2D eigenvalue weighted by atomic mass is 35.5. The maximum Gasteiger partial charge on any atom is 0.336 e. The molecule has 2 aromatic rings. The lowest BCUT2D eigenvalue weighted by atomic mass is 9.82. The molecule has 0 radical (unpaired) electrons. The van der Waals surface area contributed by atoms with Gasteiger partial charge in [0.25, 0.3) is 5.56 Å². The first-order chi connectivity index (χ1) is 12.7. The third-order valence-corrected chi connectivity index (χ3v) is 5.52. The van der Waals surface area contributed by atoms with Crippen LogP contribution in [0.15, 0.2) is 39.1 Å². The third kappa shape index (κ3) is 2.87. The minimum atomic E-state index is -0.842. The molecule has 1 N–H and O–H groups in total. The van der Waals surface area contributed by atoms with Crippen LogP contribution in [0.3, 0.4) is 0 Å². The van der Waals surface area contributed by atoms with E-state index in [0.29, 0.717) is 17.1 Å². The molecule has 0 aliphatic carbocycles. The Morgan fingerprint density at radius 1 is 1.19 bits per heavy atom. The second kappa shape index (κ2) is 6.90. The predicted molar refractivity (Wildman–Crippen MR) is 104 cm³/mol. The Bertz CT molecular complexity index is 1110. The van der Waals surface area contributed by atoms with Gasteiger partial charge in [0, 0.05) is 19.8 Å². The van der Waals surface area contributed by atoms with Gasteiger partial charge in [0.05, 0.1) is 34.2 Å². The number of benzene rings is 1. The standard InChI is InChI=1S/C18H17Cl2N3O4/c1-8-11(17(25)27-4)12(9-6-5-7-10(19)14(9)20)13-15(21-8)22(2)18(26)23(3)16(13)24/h5-7,12,21H,1-4H3/t12-/m0/s1. The molecule has 0 saturated carbocycles. The van der Waals surface area contributed by atoms with Crippen LogP contribution in [0.2, 0.25) is 10.0 Å². The molecule has 1 atom stereocenters. The van der Waals surface area contributed by atoms with Crippen LogP contribution in [0.4, 0.5) is 5.82 Å². The van der Waals surface area contributed by atoms with Gasteiger partial charge in [-0.05, 0) is 18.6 Å². The number of methoxy groups -OCH3 is 1. The second-order valence-electron chi connectivity index (χ2n) is 6.20. The van der Waals surface area contributed by atoms with E-state index >= 15 is 0 Å². The highest BCUT2D eigenvalue weighted by Crippen LogP contribution is 2.43. The van der Waals surface area contributed by atoms with Crippen molar-refractivity contribution in [3.8, 4) is 0 Å². The molecule has 1 aliphatic rings. The molecular formula is C18H17Cl2N3O4. The van der Waals surface area contributed by atoms with Crippen molar-refractivity contribution < 1.29 is 9.53 Å². The summed E-state index contributed by atoms with van der Waals surface area (Å²) in [5.74, 6) is -1.15. The molecule has 0 fully saturated rings. The van der Waals surface area contributed by atoms with Crippen LogP contribution in [0.25, 0.3) is 0 Å². The molecule has 0 saturated heterocycles. The number of nitrogens with zero attached hydrogens (tertiary/aromatic N) is 2. The molecule has 7 nitrogen and oxygen atoms in total. The fourth-order valence-electron chi connectivity index (χ4n) is 3.32. The quantitative estimate of drug-likeness (QED) is 0.769. The first-order valence-electron chi connectivity index (χ1n) is 8.00. The van der Waals surface area contributed by atoms with E-state index in [1.54, 1.807) is 32.2 Å². The van der Waals surface area contributed by atoms with Gasteiger partial charge in [-0.15, -0.1) is 0 Å². The topological polar surface area (TPSA) is 82.3 Å². The average molecular weight is 410 g/mol. The van der Waals surface area contributed by atoms with Crippen molar-refractivity contribution in [1.82, 2.24) is 9.13 Å². The molecule has 1 aromatic heterocycles. The molecule has 2 heterocycles. The summed E-state index contributed by atoms with van der Waals surface area (Å²) >= 11 is 12.6. The molecule has 1 aliphatic heterocycles.